The molecule has 0 aliphatic rings. The zero-order valence-corrected chi connectivity index (χ0v) is 11.3. The van der Waals surface area contributed by atoms with Crippen molar-refractivity contribution in [1.29, 1.82) is 0 Å². The topological polar surface area (TPSA) is 0 Å². The van der Waals surface area contributed by atoms with Crippen molar-refractivity contribution < 1.29 is 22.4 Å². The van der Waals surface area contributed by atoms with Crippen LogP contribution in [0.25, 0.3) is 0 Å². The predicted octanol–water partition coefficient (Wildman–Crippen LogP) is 3.43. The van der Waals surface area contributed by atoms with E-state index >= 15 is 0 Å². The molecule has 0 aliphatic carbocycles. The van der Waals surface area contributed by atoms with Crippen LogP contribution in [0, 0.1) is 13.8 Å². The van der Waals surface area contributed by atoms with Crippen molar-refractivity contribution in [3.8, 4) is 0 Å². The fraction of sp³-hybridized carbons (Fsp3) is 0.167. The Labute approximate surface area is 95.8 Å². The zero-order chi connectivity index (χ0) is 8.81. The van der Waals surface area contributed by atoms with Crippen LogP contribution in [-0.2, 0) is 22.4 Å². The fourth-order valence-electron chi connectivity index (χ4n) is 0.940. The molecule has 0 fully saturated rings. The van der Waals surface area contributed by atoms with Gasteiger partial charge < -0.3 is 0 Å². The summed E-state index contributed by atoms with van der Waals surface area (Å²) in [5.41, 5.74) is 2.69. The van der Waals surface area contributed by atoms with E-state index in [4.69, 9.17) is 0 Å². The molecule has 1 heteroatoms. The van der Waals surface area contributed by atoms with Crippen molar-refractivity contribution in [3.63, 3.8) is 0 Å². The minimum atomic E-state index is 0. The van der Waals surface area contributed by atoms with Gasteiger partial charge in [-0.15, -0.1) is 0 Å². The minimum Gasteiger partial charge on any atom is -0.213 e. The third-order valence-electron chi connectivity index (χ3n) is 1.66. The first kappa shape index (κ1) is 12.4. The molecule has 0 aliphatic heterocycles. The van der Waals surface area contributed by atoms with Crippen molar-refractivity contribution in [2.24, 2.45) is 0 Å². The van der Waals surface area contributed by atoms with E-state index in [0.717, 1.165) is 0 Å². The Morgan fingerprint density at radius 2 is 0.846 bits per heavy atom. The van der Waals surface area contributed by atoms with E-state index in [2.05, 4.69) is 38.1 Å². The molecular formula is C12H14Ta. The molecule has 0 N–H and O–H groups in total. The Morgan fingerprint density at radius 1 is 0.615 bits per heavy atom. The van der Waals surface area contributed by atoms with Gasteiger partial charge in [-0.1, -0.05) is 13.8 Å². The first-order chi connectivity index (χ1) is 5.79. The maximum atomic E-state index is 2.08. The van der Waals surface area contributed by atoms with Crippen molar-refractivity contribution in [2.45, 2.75) is 13.8 Å². The van der Waals surface area contributed by atoms with Crippen LogP contribution in [-0.4, -0.2) is 0 Å². The summed E-state index contributed by atoms with van der Waals surface area (Å²) >= 11 is 0. The second-order valence-corrected chi connectivity index (χ2v) is 2.92. The van der Waals surface area contributed by atoms with Crippen LogP contribution in [0.15, 0.2) is 48.5 Å². The molecule has 0 heterocycles. The van der Waals surface area contributed by atoms with Gasteiger partial charge in [0.25, 0.3) is 0 Å². The van der Waals surface area contributed by atoms with Crippen LogP contribution >= 0.6 is 0 Å². The molecule has 67 valence electrons. The molecule has 2 rings (SSSR count). The quantitative estimate of drug-likeness (QED) is 0.645. The molecule has 0 saturated heterocycles. The fourth-order valence-corrected chi connectivity index (χ4v) is 0.940. The second kappa shape index (κ2) is 6.90. The summed E-state index contributed by atoms with van der Waals surface area (Å²) in [6.45, 7) is 4.17. The van der Waals surface area contributed by atoms with E-state index in [1.807, 2.05) is 24.3 Å². The van der Waals surface area contributed by atoms with Crippen molar-refractivity contribution in [1.82, 2.24) is 0 Å². The summed E-state index contributed by atoms with van der Waals surface area (Å²) in [5.74, 6) is 0. The van der Waals surface area contributed by atoms with E-state index in [0.29, 0.717) is 0 Å². The summed E-state index contributed by atoms with van der Waals surface area (Å²) in [7, 11) is 0. The molecule has 0 aromatic heterocycles. The monoisotopic (exact) mass is 339 g/mol. The molecule has 2 aromatic carbocycles. The summed E-state index contributed by atoms with van der Waals surface area (Å²) in [6.07, 6.45) is 0. The van der Waals surface area contributed by atoms with Crippen molar-refractivity contribution in [3.05, 3.63) is 59.7 Å². The Balaban J connectivity index is 0.000000206. The van der Waals surface area contributed by atoms with E-state index in [-0.39, 0.29) is 22.4 Å². The molecule has 0 saturated carbocycles. The van der Waals surface area contributed by atoms with Crippen LogP contribution in [0.1, 0.15) is 11.1 Å². The molecule has 2 aromatic rings. The van der Waals surface area contributed by atoms with Gasteiger partial charge in [0.15, 0.2) is 0 Å². The van der Waals surface area contributed by atoms with Gasteiger partial charge in [-0.2, -0.15) is 35.4 Å². The van der Waals surface area contributed by atoms with Gasteiger partial charge in [0, 0.05) is 0 Å². The van der Waals surface area contributed by atoms with Crippen LogP contribution in [0.4, 0.5) is 0 Å². The summed E-state index contributed by atoms with van der Waals surface area (Å²) < 4.78 is 0. The van der Waals surface area contributed by atoms with Gasteiger partial charge in [-0.05, 0) is 0 Å². The Hall–Kier alpha value is -0.560. The predicted molar refractivity (Wildman–Crippen MR) is 53.5 cm³/mol. The van der Waals surface area contributed by atoms with Gasteiger partial charge in [0.2, 0.25) is 0 Å². The van der Waals surface area contributed by atoms with E-state index in [1.165, 1.54) is 11.1 Å². The van der Waals surface area contributed by atoms with Gasteiger partial charge >= 0.3 is 22.4 Å². The number of hydrogen-bond donors (Lipinski definition) is 0. The molecule has 1 radical (unpaired) electrons. The van der Waals surface area contributed by atoms with Crippen LogP contribution < -0.4 is 0 Å². The van der Waals surface area contributed by atoms with Crippen LogP contribution in [0.5, 0.6) is 0 Å². The maximum absolute atomic E-state index is 2.08. The zero-order valence-electron chi connectivity index (χ0n) is 8.07. The number of rotatable bonds is 0. The molecule has 0 amide bonds. The number of aryl methyl sites for hydroxylation is 2. The first-order valence-corrected chi connectivity index (χ1v) is 4.15. The van der Waals surface area contributed by atoms with Crippen LogP contribution in [0.2, 0.25) is 0 Å². The van der Waals surface area contributed by atoms with E-state index in [1.54, 1.807) is 0 Å². The van der Waals surface area contributed by atoms with E-state index < -0.39 is 0 Å². The first-order valence-electron chi connectivity index (χ1n) is 4.15. The maximum Gasteiger partial charge on any atom is 2.00 e. The smallest absolute Gasteiger partial charge is 0.213 e. The molecular weight excluding hydrogens is 325 g/mol. The van der Waals surface area contributed by atoms with Crippen LogP contribution in [0.3, 0.4) is 0 Å². The van der Waals surface area contributed by atoms with Crippen molar-refractivity contribution >= 4 is 0 Å². The molecule has 13 heavy (non-hydrogen) atoms. The Morgan fingerprint density at radius 3 is 0.923 bits per heavy atom. The van der Waals surface area contributed by atoms with Gasteiger partial charge in [-0.25, -0.2) is 24.3 Å². The van der Waals surface area contributed by atoms with E-state index in [9.17, 15) is 0 Å². The Bertz CT molecular complexity index is 245. The molecule has 0 unspecified atom stereocenters. The van der Waals surface area contributed by atoms with Gasteiger partial charge in [-0.3, -0.25) is 0 Å². The Kier molecular flexibility index (Phi) is 6.61. The van der Waals surface area contributed by atoms with Gasteiger partial charge in [0.05, 0.1) is 0 Å². The van der Waals surface area contributed by atoms with Gasteiger partial charge in [0.1, 0.15) is 0 Å². The number of hydrogen-bond acceptors (Lipinski definition) is 0. The molecule has 0 bridgehead atoms. The molecule has 0 atom stereocenters. The van der Waals surface area contributed by atoms with Crippen molar-refractivity contribution in [2.75, 3.05) is 0 Å². The molecule has 0 nitrogen and oxygen atoms in total. The SMILES string of the molecule is C[c-]1cccc1.C[c-]1cccc1.[Ta+2]. The molecule has 0 spiro atoms. The summed E-state index contributed by atoms with van der Waals surface area (Å²) in [6, 6.07) is 16.5. The third kappa shape index (κ3) is 5.64. The second-order valence-electron chi connectivity index (χ2n) is 2.92. The standard InChI is InChI=1S/2C6H7.Ta/c2*1-6-4-2-3-5-6;/h2*2-5H,1H3;/q2*-1;+2. The largest absolute Gasteiger partial charge is 2.00 e. The normalized spacial score (nSPS) is 8.15. The minimum absolute atomic E-state index is 0. The average Bonchev–Trinajstić information content (AvgIpc) is 2.63. The summed E-state index contributed by atoms with van der Waals surface area (Å²) in [4.78, 5) is 0. The third-order valence-corrected chi connectivity index (χ3v) is 1.66. The summed E-state index contributed by atoms with van der Waals surface area (Å²) in [5, 5.41) is 0. The average molecular weight is 339 g/mol.